The Labute approximate surface area is 165 Å². The molecule has 6 nitrogen and oxygen atoms in total. The number of hydrogen-bond acceptors (Lipinski definition) is 4. The van der Waals surface area contributed by atoms with Crippen LogP contribution in [0.25, 0.3) is 11.0 Å². The molecule has 3 aromatic rings. The van der Waals surface area contributed by atoms with Crippen molar-refractivity contribution in [2.24, 2.45) is 0 Å². The number of fused-ring (bicyclic) bond motifs is 1. The second-order valence-corrected chi connectivity index (χ2v) is 6.97. The van der Waals surface area contributed by atoms with Gasteiger partial charge in [0.25, 0.3) is 5.91 Å². The van der Waals surface area contributed by atoms with Crippen LogP contribution in [0, 0.1) is 0 Å². The van der Waals surface area contributed by atoms with E-state index in [0.29, 0.717) is 18.0 Å². The predicted molar refractivity (Wildman–Crippen MR) is 106 cm³/mol. The molecule has 1 atom stereocenters. The van der Waals surface area contributed by atoms with Gasteiger partial charge in [0.1, 0.15) is 12.4 Å². The first-order chi connectivity index (χ1) is 13.0. The van der Waals surface area contributed by atoms with Gasteiger partial charge in [0.15, 0.2) is 0 Å². The molecule has 27 heavy (non-hydrogen) atoms. The molecule has 0 saturated heterocycles. The van der Waals surface area contributed by atoms with Crippen molar-refractivity contribution in [3.63, 3.8) is 0 Å². The van der Waals surface area contributed by atoms with Crippen molar-refractivity contribution in [2.45, 2.75) is 26.4 Å². The van der Waals surface area contributed by atoms with Gasteiger partial charge in [-0.3, -0.25) is 9.59 Å². The van der Waals surface area contributed by atoms with E-state index in [1.165, 1.54) is 0 Å². The standard InChI is InChI=1S/C20H20BrN3O3/c1-3-27-18(25)12-24-17-7-5-4-6-16(17)23-19(24)13(2)22-20(26)14-8-10-15(21)11-9-14/h4-11,13H,3,12H2,1-2H3,(H,22,26). The monoisotopic (exact) mass is 429 g/mol. The Morgan fingerprint density at radius 3 is 2.59 bits per heavy atom. The van der Waals surface area contributed by atoms with Crippen molar-refractivity contribution < 1.29 is 14.3 Å². The first-order valence-electron chi connectivity index (χ1n) is 8.66. The molecule has 3 rings (SSSR count). The van der Waals surface area contributed by atoms with Crippen LogP contribution in [-0.4, -0.2) is 28.0 Å². The van der Waals surface area contributed by atoms with E-state index in [2.05, 4.69) is 26.2 Å². The number of amides is 1. The van der Waals surface area contributed by atoms with Gasteiger partial charge < -0.3 is 14.6 Å². The zero-order chi connectivity index (χ0) is 19.4. The molecule has 1 heterocycles. The lowest BCUT2D eigenvalue weighted by molar-refractivity contribution is -0.143. The molecule has 7 heteroatoms. The van der Waals surface area contributed by atoms with Gasteiger partial charge in [-0.1, -0.05) is 28.1 Å². The maximum absolute atomic E-state index is 12.5. The van der Waals surface area contributed by atoms with Gasteiger partial charge in [-0.2, -0.15) is 0 Å². The third-order valence-electron chi connectivity index (χ3n) is 4.12. The number of halogens is 1. The molecule has 0 bridgehead atoms. The largest absolute Gasteiger partial charge is 0.465 e. The number of rotatable bonds is 6. The fourth-order valence-electron chi connectivity index (χ4n) is 2.87. The fourth-order valence-corrected chi connectivity index (χ4v) is 3.14. The number of carbonyl (C=O) groups is 2. The SMILES string of the molecule is CCOC(=O)Cn1c(C(C)NC(=O)c2ccc(Br)cc2)nc2ccccc21. The summed E-state index contributed by atoms with van der Waals surface area (Å²) in [6.07, 6.45) is 0. The molecule has 1 amide bonds. The summed E-state index contributed by atoms with van der Waals surface area (Å²) in [7, 11) is 0. The highest BCUT2D eigenvalue weighted by Crippen LogP contribution is 2.21. The maximum atomic E-state index is 12.5. The molecular weight excluding hydrogens is 410 g/mol. The Morgan fingerprint density at radius 1 is 1.19 bits per heavy atom. The van der Waals surface area contributed by atoms with Crippen molar-refractivity contribution in [1.29, 1.82) is 0 Å². The first kappa shape index (κ1) is 19.1. The maximum Gasteiger partial charge on any atom is 0.326 e. The minimum Gasteiger partial charge on any atom is -0.465 e. The molecule has 0 spiro atoms. The summed E-state index contributed by atoms with van der Waals surface area (Å²) in [4.78, 5) is 29.2. The Kier molecular flexibility index (Phi) is 5.91. The van der Waals surface area contributed by atoms with E-state index in [1.54, 1.807) is 23.6 Å². The van der Waals surface area contributed by atoms with E-state index in [1.807, 2.05) is 43.3 Å². The van der Waals surface area contributed by atoms with Gasteiger partial charge >= 0.3 is 5.97 Å². The Morgan fingerprint density at radius 2 is 1.89 bits per heavy atom. The highest BCUT2D eigenvalue weighted by atomic mass is 79.9. The van der Waals surface area contributed by atoms with Crippen LogP contribution in [0.4, 0.5) is 0 Å². The quantitative estimate of drug-likeness (QED) is 0.603. The first-order valence-corrected chi connectivity index (χ1v) is 9.46. The second kappa shape index (κ2) is 8.35. The average Bonchev–Trinajstić information content (AvgIpc) is 3.01. The third-order valence-corrected chi connectivity index (χ3v) is 4.65. The molecule has 2 aromatic carbocycles. The Hall–Kier alpha value is -2.67. The van der Waals surface area contributed by atoms with E-state index in [0.717, 1.165) is 15.5 Å². The van der Waals surface area contributed by atoms with E-state index >= 15 is 0 Å². The molecule has 1 N–H and O–H groups in total. The number of ether oxygens (including phenoxy) is 1. The molecule has 1 aromatic heterocycles. The summed E-state index contributed by atoms with van der Waals surface area (Å²) in [5.41, 5.74) is 2.14. The van der Waals surface area contributed by atoms with Crippen LogP contribution in [0.5, 0.6) is 0 Å². The molecule has 0 saturated carbocycles. The van der Waals surface area contributed by atoms with E-state index in [9.17, 15) is 9.59 Å². The van der Waals surface area contributed by atoms with Crippen LogP contribution in [0.3, 0.4) is 0 Å². The van der Waals surface area contributed by atoms with Gasteiger partial charge in [0.2, 0.25) is 0 Å². The number of esters is 1. The number of benzene rings is 2. The lowest BCUT2D eigenvalue weighted by Gasteiger charge is -2.16. The van der Waals surface area contributed by atoms with Gasteiger partial charge in [-0.25, -0.2) is 4.98 Å². The molecule has 0 aliphatic heterocycles. The fraction of sp³-hybridized carbons (Fsp3) is 0.250. The highest BCUT2D eigenvalue weighted by molar-refractivity contribution is 9.10. The topological polar surface area (TPSA) is 73.2 Å². The smallest absolute Gasteiger partial charge is 0.326 e. The van der Waals surface area contributed by atoms with Crippen molar-refractivity contribution in [2.75, 3.05) is 6.61 Å². The summed E-state index contributed by atoms with van der Waals surface area (Å²) >= 11 is 3.36. The predicted octanol–water partition coefficient (Wildman–Crippen LogP) is 3.85. The van der Waals surface area contributed by atoms with E-state index in [-0.39, 0.29) is 24.5 Å². The van der Waals surface area contributed by atoms with Crippen molar-refractivity contribution in [3.8, 4) is 0 Å². The minimum absolute atomic E-state index is 0.0438. The molecule has 0 aliphatic rings. The van der Waals surface area contributed by atoms with Gasteiger partial charge in [0.05, 0.1) is 23.7 Å². The van der Waals surface area contributed by atoms with Crippen LogP contribution in [0.15, 0.2) is 53.0 Å². The number of hydrogen-bond donors (Lipinski definition) is 1. The molecule has 1 unspecified atom stereocenters. The van der Waals surface area contributed by atoms with Gasteiger partial charge in [0, 0.05) is 10.0 Å². The summed E-state index contributed by atoms with van der Waals surface area (Å²) in [5.74, 6) is 0.0628. The van der Waals surface area contributed by atoms with Gasteiger partial charge in [-0.15, -0.1) is 0 Å². The van der Waals surface area contributed by atoms with Gasteiger partial charge in [-0.05, 0) is 50.2 Å². The van der Waals surface area contributed by atoms with Crippen molar-refractivity contribution in [3.05, 3.63) is 64.4 Å². The van der Waals surface area contributed by atoms with Crippen LogP contribution in [0.2, 0.25) is 0 Å². The van der Waals surface area contributed by atoms with Crippen molar-refractivity contribution >= 4 is 38.8 Å². The summed E-state index contributed by atoms with van der Waals surface area (Å²) in [5, 5.41) is 2.95. The van der Waals surface area contributed by atoms with Crippen molar-refractivity contribution in [1.82, 2.24) is 14.9 Å². The molecule has 0 aliphatic carbocycles. The number of aromatic nitrogens is 2. The molecule has 140 valence electrons. The molecular formula is C20H20BrN3O3. The summed E-state index contributed by atoms with van der Waals surface area (Å²) in [6.45, 7) is 3.98. The highest BCUT2D eigenvalue weighted by Gasteiger charge is 2.20. The van der Waals surface area contributed by atoms with Crippen LogP contribution < -0.4 is 5.32 Å². The second-order valence-electron chi connectivity index (χ2n) is 6.05. The average molecular weight is 430 g/mol. The normalized spacial score (nSPS) is 12.0. The molecule has 0 radical (unpaired) electrons. The lowest BCUT2D eigenvalue weighted by atomic mass is 10.2. The van der Waals surface area contributed by atoms with Crippen LogP contribution in [0.1, 0.15) is 36.1 Å². The Bertz CT molecular complexity index is 966. The van der Waals surface area contributed by atoms with Crippen LogP contribution >= 0.6 is 15.9 Å². The molecule has 0 fully saturated rings. The Balaban J connectivity index is 1.88. The van der Waals surface area contributed by atoms with Crippen LogP contribution in [-0.2, 0) is 16.1 Å². The minimum atomic E-state index is -0.386. The lowest BCUT2D eigenvalue weighted by Crippen LogP contribution is -2.29. The number of nitrogens with zero attached hydrogens (tertiary/aromatic N) is 2. The number of imidazole rings is 1. The number of para-hydroxylation sites is 2. The third kappa shape index (κ3) is 4.36. The summed E-state index contributed by atoms with van der Waals surface area (Å²) in [6, 6.07) is 14.3. The van der Waals surface area contributed by atoms with E-state index < -0.39 is 0 Å². The number of carbonyl (C=O) groups excluding carboxylic acids is 2. The summed E-state index contributed by atoms with van der Waals surface area (Å²) < 4.78 is 7.78. The number of nitrogens with one attached hydrogen (secondary N) is 1. The zero-order valence-electron chi connectivity index (χ0n) is 15.1. The zero-order valence-corrected chi connectivity index (χ0v) is 16.7. The van der Waals surface area contributed by atoms with E-state index in [4.69, 9.17) is 4.74 Å².